The first-order chi connectivity index (χ1) is 14.5. The molecule has 1 aromatic heterocycles. The number of nitrogens with zero attached hydrogens (tertiary/aromatic N) is 2. The van der Waals surface area contributed by atoms with Crippen molar-refractivity contribution in [1.82, 2.24) is 15.1 Å². The molecule has 9 heteroatoms. The summed E-state index contributed by atoms with van der Waals surface area (Å²) in [6.07, 6.45) is 1.72. The molecule has 1 fully saturated rings. The highest BCUT2D eigenvalue weighted by Crippen LogP contribution is 2.33. The van der Waals surface area contributed by atoms with E-state index < -0.39 is 6.61 Å². The molecule has 0 spiro atoms. The molecule has 1 saturated carbocycles. The van der Waals surface area contributed by atoms with Crippen LogP contribution >= 0.6 is 0 Å². The molecular formula is C21H19F2N3O4. The summed E-state index contributed by atoms with van der Waals surface area (Å²) in [7, 11) is 1.36. The zero-order valence-corrected chi connectivity index (χ0v) is 16.1. The number of aromatic nitrogens is 2. The molecule has 1 amide bonds. The van der Waals surface area contributed by atoms with E-state index in [1.807, 2.05) is 0 Å². The van der Waals surface area contributed by atoms with Crippen LogP contribution < -0.4 is 15.0 Å². The Morgan fingerprint density at radius 1 is 1.20 bits per heavy atom. The van der Waals surface area contributed by atoms with E-state index in [0.29, 0.717) is 16.3 Å². The monoisotopic (exact) mass is 415 g/mol. The lowest BCUT2D eigenvalue weighted by atomic mass is 10.1. The normalized spacial score (nSPS) is 13.5. The topological polar surface area (TPSA) is 84.5 Å². The lowest BCUT2D eigenvalue weighted by Crippen LogP contribution is -2.34. The zero-order valence-electron chi connectivity index (χ0n) is 16.1. The maximum absolute atomic E-state index is 13.3. The first-order valence-electron chi connectivity index (χ1n) is 9.38. The molecule has 3 aromatic rings. The standard InChI is InChI=1S/C21H19F2N3O4/c1-29-17-10-12(6-9-16(17)30-21(22)23)11-26(13-7-8-13)20(28)18-14-4-2-3-5-15(14)19(27)25-24-18/h2-6,9-10,13,21H,7-8,11H2,1H3,(H,25,27). The molecule has 0 atom stereocenters. The summed E-state index contributed by atoms with van der Waals surface area (Å²) in [6, 6.07) is 11.4. The van der Waals surface area contributed by atoms with Gasteiger partial charge >= 0.3 is 6.61 Å². The number of halogens is 2. The van der Waals surface area contributed by atoms with Gasteiger partial charge in [-0.3, -0.25) is 9.59 Å². The number of amides is 1. The number of H-pyrrole nitrogens is 1. The van der Waals surface area contributed by atoms with Crippen molar-refractivity contribution in [2.24, 2.45) is 0 Å². The van der Waals surface area contributed by atoms with Gasteiger partial charge in [0.15, 0.2) is 17.2 Å². The fourth-order valence-corrected chi connectivity index (χ4v) is 3.37. The van der Waals surface area contributed by atoms with Gasteiger partial charge < -0.3 is 14.4 Å². The number of carbonyl (C=O) groups excluding carboxylic acids is 1. The predicted molar refractivity (Wildman–Crippen MR) is 105 cm³/mol. The smallest absolute Gasteiger partial charge is 0.387 e. The Morgan fingerprint density at radius 3 is 2.60 bits per heavy atom. The van der Waals surface area contributed by atoms with Crippen molar-refractivity contribution in [3.05, 3.63) is 64.1 Å². The van der Waals surface area contributed by atoms with Crippen LogP contribution in [0.5, 0.6) is 11.5 Å². The Labute approximate surface area is 170 Å². The predicted octanol–water partition coefficient (Wildman–Crippen LogP) is 3.34. The molecule has 0 saturated heterocycles. The third-order valence-electron chi connectivity index (χ3n) is 4.94. The Hall–Kier alpha value is -3.49. The molecule has 4 rings (SSSR count). The van der Waals surface area contributed by atoms with Gasteiger partial charge in [-0.2, -0.15) is 13.9 Å². The van der Waals surface area contributed by atoms with Crippen molar-refractivity contribution < 1.29 is 23.0 Å². The van der Waals surface area contributed by atoms with Crippen LogP contribution in [0.2, 0.25) is 0 Å². The number of ether oxygens (including phenoxy) is 2. The van der Waals surface area contributed by atoms with Crippen LogP contribution in [0.1, 0.15) is 28.9 Å². The van der Waals surface area contributed by atoms with Crippen LogP contribution in [0.15, 0.2) is 47.3 Å². The molecule has 156 valence electrons. The van der Waals surface area contributed by atoms with Crippen molar-refractivity contribution in [1.29, 1.82) is 0 Å². The molecule has 1 aliphatic carbocycles. The van der Waals surface area contributed by atoms with Gasteiger partial charge in [-0.25, -0.2) is 5.10 Å². The largest absolute Gasteiger partial charge is 0.493 e. The number of hydrogen-bond acceptors (Lipinski definition) is 5. The summed E-state index contributed by atoms with van der Waals surface area (Å²) in [4.78, 5) is 27.0. The number of benzene rings is 2. The second kappa shape index (κ2) is 8.10. The minimum atomic E-state index is -2.96. The molecular weight excluding hydrogens is 396 g/mol. The molecule has 1 N–H and O–H groups in total. The van der Waals surface area contributed by atoms with Gasteiger partial charge in [-0.15, -0.1) is 0 Å². The zero-order chi connectivity index (χ0) is 21.3. The number of rotatable bonds is 7. The van der Waals surface area contributed by atoms with E-state index in [2.05, 4.69) is 14.9 Å². The maximum Gasteiger partial charge on any atom is 0.387 e. The highest BCUT2D eigenvalue weighted by Gasteiger charge is 2.34. The molecule has 2 aromatic carbocycles. The van der Waals surface area contributed by atoms with Gasteiger partial charge in [0.25, 0.3) is 11.5 Å². The van der Waals surface area contributed by atoms with Gasteiger partial charge in [0.1, 0.15) is 0 Å². The highest BCUT2D eigenvalue weighted by molar-refractivity contribution is 6.04. The number of fused-ring (bicyclic) bond motifs is 1. The van der Waals surface area contributed by atoms with E-state index in [1.54, 1.807) is 41.3 Å². The molecule has 0 unspecified atom stereocenters. The molecule has 1 aliphatic rings. The van der Waals surface area contributed by atoms with Gasteiger partial charge in [0.2, 0.25) is 0 Å². The number of methoxy groups -OCH3 is 1. The second-order valence-electron chi connectivity index (χ2n) is 6.97. The number of alkyl halides is 2. The van der Waals surface area contributed by atoms with Crippen LogP contribution in [-0.2, 0) is 6.54 Å². The van der Waals surface area contributed by atoms with E-state index in [1.165, 1.54) is 13.2 Å². The number of aromatic amines is 1. The Balaban J connectivity index is 1.65. The van der Waals surface area contributed by atoms with E-state index in [4.69, 9.17) is 4.74 Å². The summed E-state index contributed by atoms with van der Waals surface area (Å²) in [6.45, 7) is -2.72. The van der Waals surface area contributed by atoms with Crippen LogP contribution in [0, 0.1) is 0 Å². The summed E-state index contributed by atoms with van der Waals surface area (Å²) in [5.74, 6) is -0.228. The van der Waals surface area contributed by atoms with Gasteiger partial charge in [0.05, 0.1) is 12.5 Å². The number of carbonyl (C=O) groups is 1. The van der Waals surface area contributed by atoms with Gasteiger partial charge in [-0.1, -0.05) is 24.3 Å². The summed E-state index contributed by atoms with van der Waals surface area (Å²) in [5, 5.41) is 7.26. The van der Waals surface area contributed by atoms with Crippen LogP contribution in [-0.4, -0.2) is 40.8 Å². The van der Waals surface area contributed by atoms with E-state index in [0.717, 1.165) is 12.8 Å². The third kappa shape index (κ3) is 3.96. The first kappa shape index (κ1) is 19.8. The highest BCUT2D eigenvalue weighted by atomic mass is 19.3. The van der Waals surface area contributed by atoms with E-state index in [-0.39, 0.29) is 41.2 Å². The minimum Gasteiger partial charge on any atom is -0.493 e. The van der Waals surface area contributed by atoms with E-state index >= 15 is 0 Å². The quantitative estimate of drug-likeness (QED) is 0.640. The van der Waals surface area contributed by atoms with Crippen molar-refractivity contribution in [3.8, 4) is 11.5 Å². The maximum atomic E-state index is 13.3. The average Bonchev–Trinajstić information content (AvgIpc) is 3.58. The molecule has 0 aliphatic heterocycles. The Morgan fingerprint density at radius 2 is 1.93 bits per heavy atom. The second-order valence-corrected chi connectivity index (χ2v) is 6.97. The van der Waals surface area contributed by atoms with Crippen LogP contribution in [0.3, 0.4) is 0 Å². The van der Waals surface area contributed by atoms with Crippen molar-refractivity contribution in [2.45, 2.75) is 32.0 Å². The summed E-state index contributed by atoms with van der Waals surface area (Å²) in [5.41, 5.74) is 0.503. The van der Waals surface area contributed by atoms with Crippen LogP contribution in [0.25, 0.3) is 10.8 Å². The van der Waals surface area contributed by atoms with E-state index in [9.17, 15) is 18.4 Å². The molecule has 30 heavy (non-hydrogen) atoms. The molecule has 7 nitrogen and oxygen atoms in total. The Kier molecular flexibility index (Phi) is 5.35. The fourth-order valence-electron chi connectivity index (χ4n) is 3.37. The lowest BCUT2D eigenvalue weighted by Gasteiger charge is -2.23. The Bertz CT molecular complexity index is 1140. The minimum absolute atomic E-state index is 0.0491. The first-order valence-corrected chi connectivity index (χ1v) is 9.38. The number of nitrogens with one attached hydrogen (secondary N) is 1. The van der Waals surface area contributed by atoms with Crippen molar-refractivity contribution >= 4 is 16.7 Å². The van der Waals surface area contributed by atoms with Crippen molar-refractivity contribution in [2.75, 3.05) is 7.11 Å². The fraction of sp³-hybridized carbons (Fsp3) is 0.286. The third-order valence-corrected chi connectivity index (χ3v) is 4.94. The summed E-state index contributed by atoms with van der Waals surface area (Å²) < 4.78 is 34.7. The van der Waals surface area contributed by atoms with Gasteiger partial charge in [0, 0.05) is 18.0 Å². The SMILES string of the molecule is COc1cc(CN(C(=O)c2n[nH]c(=O)c3ccccc23)C2CC2)ccc1OC(F)F. The summed E-state index contributed by atoms with van der Waals surface area (Å²) >= 11 is 0. The average molecular weight is 415 g/mol. The van der Waals surface area contributed by atoms with Gasteiger partial charge in [-0.05, 0) is 36.6 Å². The lowest BCUT2D eigenvalue weighted by molar-refractivity contribution is -0.0512. The molecule has 0 bridgehead atoms. The van der Waals surface area contributed by atoms with Crippen molar-refractivity contribution in [3.63, 3.8) is 0 Å². The van der Waals surface area contributed by atoms with Crippen LogP contribution in [0.4, 0.5) is 8.78 Å². The number of hydrogen-bond donors (Lipinski definition) is 1. The molecule has 1 heterocycles. The molecule has 0 radical (unpaired) electrons.